The largest absolute Gasteiger partial charge is 0.365 e. The average Bonchev–Trinajstić information content (AvgIpc) is 3.38. The summed E-state index contributed by atoms with van der Waals surface area (Å²) in [6, 6.07) is 12.2. The predicted molar refractivity (Wildman–Crippen MR) is 116 cm³/mol. The second-order valence-electron chi connectivity index (χ2n) is 7.29. The number of rotatable bonds is 4. The number of nitrogens with zero attached hydrogens (tertiary/aromatic N) is 2. The highest BCUT2D eigenvalue weighted by atomic mass is 35.5. The first-order valence-corrected chi connectivity index (χ1v) is 11.3. The molecule has 0 saturated carbocycles. The fourth-order valence-electron chi connectivity index (χ4n) is 3.87. The molecule has 1 atom stereocenters. The molecule has 0 aliphatic carbocycles. The van der Waals surface area contributed by atoms with Crippen molar-refractivity contribution >= 4 is 49.2 Å². The summed E-state index contributed by atoms with van der Waals surface area (Å²) in [5, 5.41) is 8.21. The van der Waals surface area contributed by atoms with Crippen molar-refractivity contribution in [2.24, 2.45) is 0 Å². The van der Waals surface area contributed by atoms with Crippen LogP contribution < -0.4 is 10.6 Å². The van der Waals surface area contributed by atoms with Gasteiger partial charge in [-0.05, 0) is 49.4 Å². The Balaban J connectivity index is 1.77. The molecule has 5 rings (SSSR count). The van der Waals surface area contributed by atoms with Gasteiger partial charge < -0.3 is 10.6 Å². The average molecular weight is 445 g/mol. The summed E-state index contributed by atoms with van der Waals surface area (Å²) in [5.74, 6) is 0.107. The van der Waals surface area contributed by atoms with E-state index in [4.69, 9.17) is 11.6 Å². The zero-order chi connectivity index (χ0) is 20.9. The minimum atomic E-state index is -3.92. The lowest BCUT2D eigenvalue weighted by Gasteiger charge is -2.15. The van der Waals surface area contributed by atoms with Crippen molar-refractivity contribution in [3.8, 4) is 0 Å². The molecule has 0 radical (unpaired) electrons. The van der Waals surface area contributed by atoms with Crippen LogP contribution in [-0.4, -0.2) is 36.5 Å². The maximum atomic E-state index is 13.9. The van der Waals surface area contributed by atoms with Crippen LogP contribution in [-0.2, 0) is 10.0 Å². The molecule has 154 valence electrons. The lowest BCUT2D eigenvalue weighted by atomic mass is 10.1. The summed E-state index contributed by atoms with van der Waals surface area (Å²) in [6.45, 7) is 1.68. The lowest BCUT2D eigenvalue weighted by molar-refractivity contribution is 0.589. The van der Waals surface area contributed by atoms with Crippen LogP contribution in [0.2, 0.25) is 5.02 Å². The molecule has 1 aliphatic rings. The smallest absolute Gasteiger partial charge is 0.268 e. The number of hydrogen-bond acceptors (Lipinski definition) is 5. The Morgan fingerprint density at radius 1 is 1.17 bits per heavy atom. The highest BCUT2D eigenvalue weighted by Crippen LogP contribution is 2.34. The molecular formula is C21H18ClFN4O2S. The van der Waals surface area contributed by atoms with Crippen molar-refractivity contribution in [2.75, 3.05) is 18.4 Å². The molecule has 1 aliphatic heterocycles. The molecule has 9 heteroatoms. The van der Waals surface area contributed by atoms with E-state index in [0.717, 1.165) is 19.5 Å². The summed E-state index contributed by atoms with van der Waals surface area (Å²) >= 11 is 6.02. The van der Waals surface area contributed by atoms with E-state index >= 15 is 0 Å². The lowest BCUT2D eigenvalue weighted by Crippen LogP contribution is -2.22. The number of hydrogen-bond donors (Lipinski definition) is 2. The van der Waals surface area contributed by atoms with Gasteiger partial charge in [-0.15, -0.1) is 0 Å². The predicted octanol–water partition coefficient (Wildman–Crippen LogP) is 3.99. The van der Waals surface area contributed by atoms with Crippen LogP contribution in [0, 0.1) is 5.82 Å². The fourth-order valence-corrected chi connectivity index (χ4v) is 5.54. The first kappa shape index (κ1) is 19.3. The minimum absolute atomic E-state index is 0.0778. The second-order valence-corrected chi connectivity index (χ2v) is 9.54. The van der Waals surface area contributed by atoms with Gasteiger partial charge in [-0.3, -0.25) is 0 Å². The minimum Gasteiger partial charge on any atom is -0.365 e. The van der Waals surface area contributed by atoms with Gasteiger partial charge in [0.1, 0.15) is 11.6 Å². The van der Waals surface area contributed by atoms with Crippen LogP contribution in [0.3, 0.4) is 0 Å². The maximum absolute atomic E-state index is 13.9. The molecule has 30 heavy (non-hydrogen) atoms. The molecule has 6 nitrogen and oxygen atoms in total. The third-order valence-corrected chi connectivity index (χ3v) is 7.22. The van der Waals surface area contributed by atoms with Gasteiger partial charge in [-0.2, -0.15) is 0 Å². The molecule has 2 aromatic carbocycles. The zero-order valence-corrected chi connectivity index (χ0v) is 17.3. The van der Waals surface area contributed by atoms with Gasteiger partial charge in [0, 0.05) is 40.6 Å². The van der Waals surface area contributed by atoms with Crippen LogP contribution in [0.4, 0.5) is 10.2 Å². The van der Waals surface area contributed by atoms with Crippen molar-refractivity contribution in [1.29, 1.82) is 0 Å². The van der Waals surface area contributed by atoms with Crippen molar-refractivity contribution in [2.45, 2.75) is 17.4 Å². The third-order valence-electron chi connectivity index (χ3n) is 5.31. The van der Waals surface area contributed by atoms with Crippen LogP contribution in [0.1, 0.15) is 6.42 Å². The highest BCUT2D eigenvalue weighted by molar-refractivity contribution is 7.90. The Morgan fingerprint density at radius 3 is 2.80 bits per heavy atom. The molecule has 2 N–H and O–H groups in total. The molecule has 0 bridgehead atoms. The zero-order valence-electron chi connectivity index (χ0n) is 15.8. The van der Waals surface area contributed by atoms with E-state index in [2.05, 4.69) is 15.6 Å². The Bertz CT molecular complexity index is 1380. The number of nitrogens with one attached hydrogen (secondary N) is 2. The van der Waals surface area contributed by atoms with Gasteiger partial charge >= 0.3 is 0 Å². The summed E-state index contributed by atoms with van der Waals surface area (Å²) in [4.78, 5) is 4.68. The van der Waals surface area contributed by atoms with Crippen LogP contribution >= 0.6 is 11.6 Å². The van der Waals surface area contributed by atoms with Crippen LogP contribution in [0.25, 0.3) is 21.8 Å². The van der Waals surface area contributed by atoms with E-state index < -0.39 is 15.8 Å². The van der Waals surface area contributed by atoms with Crippen molar-refractivity contribution in [3.05, 3.63) is 65.6 Å². The third kappa shape index (κ3) is 3.21. The Kier molecular flexibility index (Phi) is 4.65. The molecule has 1 saturated heterocycles. The van der Waals surface area contributed by atoms with Gasteiger partial charge in [0.05, 0.1) is 15.9 Å². The van der Waals surface area contributed by atoms with E-state index in [1.54, 1.807) is 24.3 Å². The molecule has 4 aromatic rings. The van der Waals surface area contributed by atoms with Crippen molar-refractivity contribution in [3.63, 3.8) is 0 Å². The number of benzene rings is 2. The molecular weight excluding hydrogens is 427 g/mol. The van der Waals surface area contributed by atoms with E-state index in [-0.39, 0.29) is 10.9 Å². The van der Waals surface area contributed by atoms with Gasteiger partial charge in [0.25, 0.3) is 10.0 Å². The molecule has 1 unspecified atom stereocenters. The van der Waals surface area contributed by atoms with E-state index in [1.165, 1.54) is 34.4 Å². The van der Waals surface area contributed by atoms with Gasteiger partial charge in [0.15, 0.2) is 0 Å². The Labute approximate surface area is 177 Å². The summed E-state index contributed by atoms with van der Waals surface area (Å²) in [5.41, 5.74) is 0.839. The van der Waals surface area contributed by atoms with Gasteiger partial charge in [-0.1, -0.05) is 17.7 Å². The molecule has 0 amide bonds. The summed E-state index contributed by atoms with van der Waals surface area (Å²) in [7, 11) is -3.92. The van der Waals surface area contributed by atoms with E-state index in [9.17, 15) is 12.8 Å². The first-order valence-electron chi connectivity index (χ1n) is 9.52. The number of fused-ring (bicyclic) bond motifs is 3. The highest BCUT2D eigenvalue weighted by Gasteiger charge is 2.24. The SMILES string of the molecule is O=S(=O)(c1cccc(Cl)c1)n1ccc2c(NC3CCNC3)nc3cc(F)ccc3c21. The summed E-state index contributed by atoms with van der Waals surface area (Å²) in [6.07, 6.45) is 2.43. The molecule has 1 fully saturated rings. The number of aromatic nitrogens is 2. The monoisotopic (exact) mass is 444 g/mol. The first-order chi connectivity index (χ1) is 14.4. The van der Waals surface area contributed by atoms with E-state index in [1.807, 2.05) is 0 Å². The normalized spacial score (nSPS) is 17.1. The van der Waals surface area contributed by atoms with Crippen LogP contribution in [0.5, 0.6) is 0 Å². The Hall–Kier alpha value is -2.68. The molecule has 3 heterocycles. The quantitative estimate of drug-likeness (QED) is 0.497. The van der Waals surface area contributed by atoms with E-state index in [0.29, 0.717) is 32.6 Å². The van der Waals surface area contributed by atoms with Crippen molar-refractivity contribution in [1.82, 2.24) is 14.3 Å². The van der Waals surface area contributed by atoms with Gasteiger partial charge in [-0.25, -0.2) is 21.8 Å². The number of halogens is 2. The number of anilines is 1. The van der Waals surface area contributed by atoms with Crippen molar-refractivity contribution < 1.29 is 12.8 Å². The topological polar surface area (TPSA) is 76.0 Å². The summed E-state index contributed by atoms with van der Waals surface area (Å²) < 4.78 is 42.0. The molecule has 0 spiro atoms. The second kappa shape index (κ2) is 7.23. The number of pyridine rings is 1. The van der Waals surface area contributed by atoms with Gasteiger partial charge in [0.2, 0.25) is 0 Å². The standard InChI is InChI=1S/C21H18ClFN4O2S/c22-13-2-1-3-16(10-13)30(28,29)27-9-7-18-20(27)17-5-4-14(23)11-19(17)26-21(18)25-15-6-8-24-12-15/h1-5,7,9-11,15,24H,6,8,12H2,(H,25,26). The Morgan fingerprint density at radius 2 is 2.03 bits per heavy atom. The molecule has 2 aromatic heterocycles. The maximum Gasteiger partial charge on any atom is 0.268 e. The fraction of sp³-hybridized carbons (Fsp3) is 0.190. The van der Waals surface area contributed by atoms with Crippen LogP contribution in [0.15, 0.2) is 59.6 Å².